The van der Waals surface area contributed by atoms with Crippen LogP contribution in [0.2, 0.25) is 0 Å². The molecule has 0 aliphatic rings. The van der Waals surface area contributed by atoms with E-state index in [0.29, 0.717) is 12.1 Å². The summed E-state index contributed by atoms with van der Waals surface area (Å²) in [5.74, 6) is -0.183. The highest BCUT2D eigenvalue weighted by molar-refractivity contribution is 5.94. The average Bonchev–Trinajstić information content (AvgIpc) is 2.52. The van der Waals surface area contributed by atoms with Crippen molar-refractivity contribution >= 4 is 11.8 Å². The number of likely N-dealkylation sites (N-methyl/N-ethyl adjacent to an activating group) is 1. The van der Waals surface area contributed by atoms with Gasteiger partial charge in [-0.3, -0.25) is 9.59 Å². The van der Waals surface area contributed by atoms with E-state index in [1.54, 1.807) is 12.1 Å². The van der Waals surface area contributed by atoms with Gasteiger partial charge in [0.2, 0.25) is 5.91 Å². The lowest BCUT2D eigenvalue weighted by Crippen LogP contribution is -2.39. The molecule has 5 nitrogen and oxygen atoms in total. The Morgan fingerprint density at radius 3 is 2.36 bits per heavy atom. The molecular formula is C17H27N3O2. The molecule has 0 aliphatic heterocycles. The Kier molecular flexibility index (Phi) is 8.22. The van der Waals surface area contributed by atoms with E-state index in [4.69, 9.17) is 0 Å². The van der Waals surface area contributed by atoms with Gasteiger partial charge in [-0.2, -0.15) is 0 Å². The van der Waals surface area contributed by atoms with Crippen LogP contribution in [0.4, 0.5) is 0 Å². The molecule has 0 heterocycles. The first kappa shape index (κ1) is 18.2. The zero-order valence-corrected chi connectivity index (χ0v) is 13.8. The van der Waals surface area contributed by atoms with Crippen molar-refractivity contribution in [3.05, 3.63) is 35.9 Å². The first-order valence-corrected chi connectivity index (χ1v) is 7.91. The summed E-state index contributed by atoms with van der Waals surface area (Å²) < 4.78 is 0. The van der Waals surface area contributed by atoms with Crippen molar-refractivity contribution in [1.29, 1.82) is 0 Å². The Morgan fingerprint density at radius 2 is 1.77 bits per heavy atom. The zero-order chi connectivity index (χ0) is 16.4. The summed E-state index contributed by atoms with van der Waals surface area (Å²) in [6, 6.07) is 8.82. The minimum Gasteiger partial charge on any atom is -0.355 e. The highest BCUT2D eigenvalue weighted by atomic mass is 16.2. The number of hydrogen-bond donors (Lipinski definition) is 2. The molecule has 2 N–H and O–H groups in total. The van der Waals surface area contributed by atoms with Crippen LogP contribution in [0, 0.1) is 0 Å². The summed E-state index contributed by atoms with van der Waals surface area (Å²) in [6.07, 6.45) is 0.289. The van der Waals surface area contributed by atoms with Crippen LogP contribution in [0.15, 0.2) is 30.3 Å². The minimum absolute atomic E-state index is 0.0342. The summed E-state index contributed by atoms with van der Waals surface area (Å²) in [4.78, 5) is 26.1. The van der Waals surface area contributed by atoms with Crippen LogP contribution in [0.25, 0.3) is 0 Å². The van der Waals surface area contributed by atoms with E-state index >= 15 is 0 Å². The molecule has 0 spiro atoms. The quantitative estimate of drug-likeness (QED) is 0.729. The number of nitrogens with zero attached hydrogens (tertiary/aromatic N) is 1. The molecule has 22 heavy (non-hydrogen) atoms. The van der Waals surface area contributed by atoms with Crippen LogP contribution in [-0.4, -0.2) is 48.9 Å². The van der Waals surface area contributed by atoms with Gasteiger partial charge in [-0.25, -0.2) is 0 Å². The predicted octanol–water partition coefficient (Wildman–Crippen LogP) is 1.65. The minimum atomic E-state index is -0.193. The van der Waals surface area contributed by atoms with Crippen molar-refractivity contribution in [3.63, 3.8) is 0 Å². The highest BCUT2D eigenvalue weighted by Gasteiger charge is 2.13. The maximum atomic E-state index is 12.0. The molecule has 1 atom stereocenters. The normalized spacial score (nSPS) is 12.0. The molecule has 0 aliphatic carbocycles. The van der Waals surface area contributed by atoms with Crippen LogP contribution in [-0.2, 0) is 4.79 Å². The molecule has 0 fully saturated rings. The van der Waals surface area contributed by atoms with Gasteiger partial charge in [0.1, 0.15) is 0 Å². The van der Waals surface area contributed by atoms with Crippen LogP contribution in [0.1, 0.15) is 37.6 Å². The van der Waals surface area contributed by atoms with Gasteiger partial charge in [-0.05, 0) is 32.1 Å². The molecule has 0 saturated carbocycles. The Morgan fingerprint density at radius 1 is 1.14 bits per heavy atom. The van der Waals surface area contributed by atoms with Crippen molar-refractivity contribution in [1.82, 2.24) is 15.5 Å². The number of rotatable bonds is 9. The fourth-order valence-electron chi connectivity index (χ4n) is 2.19. The summed E-state index contributed by atoms with van der Waals surface area (Å²) in [7, 11) is 0. The van der Waals surface area contributed by atoms with E-state index in [0.717, 1.165) is 19.6 Å². The van der Waals surface area contributed by atoms with Gasteiger partial charge in [0.25, 0.3) is 5.91 Å². The van der Waals surface area contributed by atoms with E-state index in [2.05, 4.69) is 29.4 Å². The lowest BCUT2D eigenvalue weighted by molar-refractivity contribution is -0.121. The average molecular weight is 305 g/mol. The van der Waals surface area contributed by atoms with Crippen molar-refractivity contribution in [2.75, 3.05) is 26.2 Å². The highest BCUT2D eigenvalue weighted by Crippen LogP contribution is 2.00. The Labute approximate surface area is 133 Å². The number of carbonyl (C=O) groups excluding carboxylic acids is 2. The van der Waals surface area contributed by atoms with Crippen LogP contribution < -0.4 is 10.6 Å². The van der Waals surface area contributed by atoms with E-state index in [-0.39, 0.29) is 24.3 Å². The number of hydrogen-bond acceptors (Lipinski definition) is 3. The van der Waals surface area contributed by atoms with Crippen LogP contribution in [0.5, 0.6) is 0 Å². The summed E-state index contributed by atoms with van der Waals surface area (Å²) in [6.45, 7) is 9.50. The second-order valence-corrected chi connectivity index (χ2v) is 5.32. The van der Waals surface area contributed by atoms with E-state index in [9.17, 15) is 9.59 Å². The monoisotopic (exact) mass is 305 g/mol. The first-order valence-electron chi connectivity index (χ1n) is 7.91. The fourth-order valence-corrected chi connectivity index (χ4v) is 2.19. The molecule has 1 rings (SSSR count). The predicted molar refractivity (Wildman–Crippen MR) is 88.8 cm³/mol. The molecule has 1 aromatic rings. The lowest BCUT2D eigenvalue weighted by Gasteiger charge is -2.18. The second-order valence-electron chi connectivity index (χ2n) is 5.32. The van der Waals surface area contributed by atoms with Gasteiger partial charge in [0.15, 0.2) is 0 Å². The molecule has 5 heteroatoms. The molecule has 2 amide bonds. The van der Waals surface area contributed by atoms with E-state index in [1.807, 2.05) is 25.1 Å². The van der Waals surface area contributed by atoms with Crippen molar-refractivity contribution in [2.24, 2.45) is 0 Å². The van der Waals surface area contributed by atoms with Crippen molar-refractivity contribution in [3.8, 4) is 0 Å². The van der Waals surface area contributed by atoms with Gasteiger partial charge in [-0.1, -0.05) is 32.0 Å². The number of amides is 2. The van der Waals surface area contributed by atoms with Gasteiger partial charge in [0.05, 0.1) is 0 Å². The summed E-state index contributed by atoms with van der Waals surface area (Å²) in [5.41, 5.74) is 0.608. The third kappa shape index (κ3) is 6.72. The molecule has 0 saturated heterocycles. The Hall–Kier alpha value is -1.88. The topological polar surface area (TPSA) is 61.4 Å². The number of nitrogens with one attached hydrogen (secondary N) is 2. The number of benzene rings is 1. The largest absolute Gasteiger partial charge is 0.355 e. The molecule has 0 radical (unpaired) electrons. The van der Waals surface area contributed by atoms with Crippen molar-refractivity contribution in [2.45, 2.75) is 33.2 Å². The number of carbonyl (C=O) groups is 2. The van der Waals surface area contributed by atoms with Crippen molar-refractivity contribution < 1.29 is 9.59 Å². The molecule has 0 bridgehead atoms. The second kappa shape index (κ2) is 9.95. The van der Waals surface area contributed by atoms with Gasteiger partial charge in [-0.15, -0.1) is 0 Å². The smallest absolute Gasteiger partial charge is 0.251 e. The van der Waals surface area contributed by atoms with E-state index in [1.165, 1.54) is 0 Å². The maximum absolute atomic E-state index is 12.0. The Balaban J connectivity index is 2.28. The van der Waals surface area contributed by atoms with Gasteiger partial charge >= 0.3 is 0 Å². The first-order chi connectivity index (χ1) is 10.6. The Bertz CT molecular complexity index is 458. The van der Waals surface area contributed by atoms with Gasteiger partial charge in [0, 0.05) is 31.1 Å². The lowest BCUT2D eigenvalue weighted by atomic mass is 10.1. The summed E-state index contributed by atoms with van der Waals surface area (Å²) >= 11 is 0. The fraction of sp³-hybridized carbons (Fsp3) is 0.529. The van der Waals surface area contributed by atoms with E-state index < -0.39 is 0 Å². The molecule has 122 valence electrons. The SMILES string of the molecule is CCN(CC)CCNC(=O)CC(C)NC(=O)c1ccccc1. The zero-order valence-electron chi connectivity index (χ0n) is 13.8. The van der Waals surface area contributed by atoms with Crippen LogP contribution in [0.3, 0.4) is 0 Å². The standard InChI is InChI=1S/C17H27N3O2/c1-4-20(5-2)12-11-18-16(21)13-14(3)19-17(22)15-9-7-6-8-10-15/h6-10,14H,4-5,11-13H2,1-3H3,(H,18,21)(H,19,22). The maximum Gasteiger partial charge on any atom is 0.251 e. The third-order valence-corrected chi connectivity index (χ3v) is 3.55. The molecule has 1 aromatic carbocycles. The third-order valence-electron chi connectivity index (χ3n) is 3.55. The molecular weight excluding hydrogens is 278 g/mol. The molecule has 0 aromatic heterocycles. The van der Waals surface area contributed by atoms with Gasteiger partial charge < -0.3 is 15.5 Å². The summed E-state index contributed by atoms with van der Waals surface area (Å²) in [5, 5.41) is 5.73. The molecule has 1 unspecified atom stereocenters. The van der Waals surface area contributed by atoms with Crippen LogP contribution >= 0.6 is 0 Å².